The normalized spacial score (nSPS) is 18.6. The molecule has 1 aliphatic heterocycles. The Morgan fingerprint density at radius 3 is 2.73 bits per heavy atom. The van der Waals surface area contributed by atoms with E-state index in [1.807, 2.05) is 6.07 Å². The summed E-state index contributed by atoms with van der Waals surface area (Å²) in [6, 6.07) is 4.46. The first-order valence-electron chi connectivity index (χ1n) is 4.76. The predicted molar refractivity (Wildman–Crippen MR) is 68.7 cm³/mol. The molecule has 0 saturated heterocycles. The molecule has 1 aliphatic rings. The van der Waals surface area contributed by atoms with Gasteiger partial charge >= 0.3 is 0 Å². The third-order valence-electron chi connectivity index (χ3n) is 1.75. The highest BCUT2D eigenvalue weighted by molar-refractivity contribution is 8.16. The average Bonchev–Trinajstić information content (AvgIpc) is 2.71. The van der Waals surface area contributed by atoms with Gasteiger partial charge in [-0.1, -0.05) is 17.8 Å². The zero-order chi connectivity index (χ0) is 10.7. The number of amidine groups is 1. The van der Waals surface area contributed by atoms with Crippen molar-refractivity contribution < 1.29 is 0 Å². The Hall–Kier alpha value is -0.940. The largest absolute Gasteiger partial charge is 0.297 e. The van der Waals surface area contributed by atoms with Crippen LogP contribution >= 0.6 is 23.1 Å². The number of hydrogen-bond acceptors (Lipinski definition) is 4. The number of hydrazine groups is 1. The van der Waals surface area contributed by atoms with E-state index < -0.39 is 0 Å². The summed E-state index contributed by atoms with van der Waals surface area (Å²) < 4.78 is 0. The van der Waals surface area contributed by atoms with E-state index >= 15 is 0 Å². The van der Waals surface area contributed by atoms with E-state index in [0.717, 1.165) is 10.9 Å². The lowest BCUT2D eigenvalue weighted by atomic mass is 10.4. The maximum Gasteiger partial charge on any atom is 0.180 e. The van der Waals surface area contributed by atoms with Crippen LogP contribution in [0.4, 0.5) is 0 Å². The summed E-state index contributed by atoms with van der Waals surface area (Å²) in [5.41, 5.74) is 7.35. The van der Waals surface area contributed by atoms with Gasteiger partial charge in [0.1, 0.15) is 0 Å². The molecule has 0 unspecified atom stereocenters. The number of hydrogen-bond donors (Lipinski definition) is 2. The molecule has 0 spiro atoms. The van der Waals surface area contributed by atoms with E-state index in [4.69, 9.17) is 0 Å². The molecular formula is C10H13N3S2. The fourth-order valence-corrected chi connectivity index (χ4v) is 2.71. The molecule has 0 radical (unpaired) electrons. The highest BCUT2D eigenvalue weighted by Gasteiger charge is 2.10. The molecule has 0 aromatic carbocycles. The fourth-order valence-electron chi connectivity index (χ4n) is 1.14. The van der Waals surface area contributed by atoms with Crippen molar-refractivity contribution in [2.75, 3.05) is 0 Å². The molecule has 0 fully saturated rings. The predicted octanol–water partition coefficient (Wildman–Crippen LogP) is 2.65. The van der Waals surface area contributed by atoms with Gasteiger partial charge in [0, 0.05) is 11.4 Å². The summed E-state index contributed by atoms with van der Waals surface area (Å²) >= 11 is 3.34. The van der Waals surface area contributed by atoms with Crippen LogP contribution in [-0.4, -0.2) is 11.2 Å². The monoisotopic (exact) mass is 239 g/mol. The first kappa shape index (κ1) is 10.6. The van der Waals surface area contributed by atoms with Crippen LogP contribution < -0.4 is 10.9 Å². The molecule has 0 atom stereocenters. The first-order valence-corrected chi connectivity index (χ1v) is 6.52. The van der Waals surface area contributed by atoms with E-state index in [0.29, 0.717) is 6.04 Å². The zero-order valence-corrected chi connectivity index (χ0v) is 10.3. The van der Waals surface area contributed by atoms with Crippen LogP contribution in [0.25, 0.3) is 5.70 Å². The number of thiophene rings is 1. The molecule has 1 aromatic rings. The quantitative estimate of drug-likeness (QED) is 0.833. The van der Waals surface area contributed by atoms with Gasteiger partial charge in [0.05, 0.1) is 10.6 Å². The van der Waals surface area contributed by atoms with Crippen LogP contribution in [0.3, 0.4) is 0 Å². The molecule has 0 aliphatic carbocycles. The van der Waals surface area contributed by atoms with Crippen LogP contribution in [0.15, 0.2) is 27.9 Å². The molecule has 2 N–H and O–H groups in total. The average molecular weight is 239 g/mol. The van der Waals surface area contributed by atoms with Gasteiger partial charge in [-0.3, -0.25) is 15.8 Å². The molecule has 0 bridgehead atoms. The fraction of sp³-hybridized carbons (Fsp3) is 0.300. The molecule has 5 heteroatoms. The zero-order valence-electron chi connectivity index (χ0n) is 8.65. The van der Waals surface area contributed by atoms with Crippen molar-refractivity contribution in [3.8, 4) is 0 Å². The lowest BCUT2D eigenvalue weighted by molar-refractivity contribution is 0.796. The van der Waals surface area contributed by atoms with Gasteiger partial charge in [-0.05, 0) is 25.3 Å². The third-order valence-corrected chi connectivity index (χ3v) is 3.44. The van der Waals surface area contributed by atoms with Crippen LogP contribution in [-0.2, 0) is 0 Å². The van der Waals surface area contributed by atoms with Crippen molar-refractivity contribution in [1.29, 1.82) is 0 Å². The lowest BCUT2D eigenvalue weighted by Gasteiger charge is -2.18. The topological polar surface area (TPSA) is 36.4 Å². The Morgan fingerprint density at radius 1 is 1.33 bits per heavy atom. The maximum atomic E-state index is 4.42. The standard InChI is InChI=1S/C10H13N3S2/c1-7(2)11-10-13-12-8(6-15-10)9-4-3-5-14-9/h3-7,12H,1-2H3,(H,11,13). The molecule has 0 amide bonds. The number of rotatable bonds is 2. The second-order valence-electron chi connectivity index (χ2n) is 3.40. The van der Waals surface area contributed by atoms with E-state index in [9.17, 15) is 0 Å². The summed E-state index contributed by atoms with van der Waals surface area (Å²) in [7, 11) is 0. The van der Waals surface area contributed by atoms with Gasteiger partial charge in [0.15, 0.2) is 5.17 Å². The smallest absolute Gasteiger partial charge is 0.180 e. The van der Waals surface area contributed by atoms with Gasteiger partial charge in [-0.25, -0.2) is 0 Å². The van der Waals surface area contributed by atoms with Crippen molar-refractivity contribution in [3.63, 3.8) is 0 Å². The number of aliphatic imine (C=N–C) groups is 1. The van der Waals surface area contributed by atoms with Crippen LogP contribution in [0, 0.1) is 0 Å². The third kappa shape index (κ3) is 2.76. The second-order valence-corrected chi connectivity index (χ2v) is 5.21. The molecule has 15 heavy (non-hydrogen) atoms. The summed E-state index contributed by atoms with van der Waals surface area (Å²) in [6.07, 6.45) is 0. The van der Waals surface area contributed by atoms with Crippen molar-refractivity contribution in [2.24, 2.45) is 4.99 Å². The molecule has 1 aromatic heterocycles. The molecule has 3 nitrogen and oxygen atoms in total. The van der Waals surface area contributed by atoms with Gasteiger partial charge < -0.3 is 0 Å². The van der Waals surface area contributed by atoms with Crippen LogP contribution in [0.2, 0.25) is 0 Å². The molecule has 2 heterocycles. The number of nitrogens with one attached hydrogen (secondary N) is 2. The van der Waals surface area contributed by atoms with Gasteiger partial charge in [-0.2, -0.15) is 0 Å². The summed E-state index contributed by atoms with van der Waals surface area (Å²) in [6.45, 7) is 4.13. The highest BCUT2D eigenvalue weighted by Crippen LogP contribution is 2.23. The first-order chi connectivity index (χ1) is 7.25. The van der Waals surface area contributed by atoms with Gasteiger partial charge in [-0.15, -0.1) is 11.3 Å². The molecule has 80 valence electrons. The van der Waals surface area contributed by atoms with E-state index in [2.05, 4.69) is 46.5 Å². The minimum absolute atomic E-state index is 0.318. The van der Waals surface area contributed by atoms with Crippen molar-refractivity contribution >= 4 is 34.0 Å². The maximum absolute atomic E-state index is 4.42. The number of nitrogens with zero attached hydrogens (tertiary/aromatic N) is 1. The molecule has 2 rings (SSSR count). The lowest BCUT2D eigenvalue weighted by Crippen LogP contribution is -2.37. The SMILES string of the molecule is CC(C)N=C1NNC(c2cccs2)=CS1. The number of thioether (sulfide) groups is 1. The Morgan fingerprint density at radius 2 is 2.20 bits per heavy atom. The van der Waals surface area contributed by atoms with E-state index in [-0.39, 0.29) is 0 Å². The molecular weight excluding hydrogens is 226 g/mol. The van der Waals surface area contributed by atoms with E-state index in [1.165, 1.54) is 4.88 Å². The summed E-state index contributed by atoms with van der Waals surface area (Å²) in [5, 5.41) is 5.08. The van der Waals surface area contributed by atoms with Crippen molar-refractivity contribution in [1.82, 2.24) is 10.9 Å². The summed E-state index contributed by atoms with van der Waals surface area (Å²) in [5.74, 6) is 0. The highest BCUT2D eigenvalue weighted by atomic mass is 32.2. The van der Waals surface area contributed by atoms with Crippen molar-refractivity contribution in [2.45, 2.75) is 19.9 Å². The summed E-state index contributed by atoms with van der Waals surface area (Å²) in [4.78, 5) is 5.65. The van der Waals surface area contributed by atoms with Crippen molar-refractivity contribution in [3.05, 3.63) is 27.8 Å². The van der Waals surface area contributed by atoms with Crippen LogP contribution in [0.5, 0.6) is 0 Å². The Bertz CT molecular complexity index is 379. The van der Waals surface area contributed by atoms with Gasteiger partial charge in [0.2, 0.25) is 0 Å². The molecule has 0 saturated carbocycles. The second kappa shape index (κ2) is 4.72. The van der Waals surface area contributed by atoms with Gasteiger partial charge in [0.25, 0.3) is 0 Å². The minimum atomic E-state index is 0.318. The Balaban J connectivity index is 2.07. The Kier molecular flexibility index (Phi) is 3.33. The minimum Gasteiger partial charge on any atom is -0.297 e. The van der Waals surface area contributed by atoms with Crippen LogP contribution in [0.1, 0.15) is 18.7 Å². The van der Waals surface area contributed by atoms with E-state index in [1.54, 1.807) is 23.1 Å². The Labute approximate surface area is 97.7 Å².